The van der Waals surface area contributed by atoms with Crippen molar-refractivity contribution in [1.29, 1.82) is 0 Å². The topological polar surface area (TPSA) is 79.5 Å². The summed E-state index contributed by atoms with van der Waals surface area (Å²) in [6.45, 7) is 5.36. The number of benzene rings is 2. The molecule has 0 radical (unpaired) electrons. The van der Waals surface area contributed by atoms with Gasteiger partial charge in [0.2, 0.25) is 11.8 Å². The first kappa shape index (κ1) is 19.9. The minimum Gasteiger partial charge on any atom is -0.421 e. The third-order valence-electron chi connectivity index (χ3n) is 6.16. The van der Waals surface area contributed by atoms with E-state index in [9.17, 15) is 14.3 Å². The van der Waals surface area contributed by atoms with E-state index in [0.717, 1.165) is 24.0 Å². The number of hydrogen-bond acceptors (Lipinski definition) is 5. The maximum atomic E-state index is 14.7. The van der Waals surface area contributed by atoms with Gasteiger partial charge in [-0.1, -0.05) is 18.2 Å². The Bertz CT molecular complexity index is 1160. The van der Waals surface area contributed by atoms with Crippen LogP contribution in [0.15, 0.2) is 40.8 Å². The molecule has 1 saturated carbocycles. The Morgan fingerprint density at radius 3 is 2.39 bits per heavy atom. The van der Waals surface area contributed by atoms with E-state index < -0.39 is 11.4 Å². The van der Waals surface area contributed by atoms with Gasteiger partial charge in [-0.3, -0.25) is 4.79 Å². The van der Waals surface area contributed by atoms with Crippen LogP contribution in [0.4, 0.5) is 4.39 Å². The Hall–Kier alpha value is -3.06. The number of aryl methyl sites for hydroxylation is 1. The normalized spacial score (nSPS) is 17.2. The van der Waals surface area contributed by atoms with Crippen LogP contribution in [0.1, 0.15) is 48.5 Å². The molecule has 7 heteroatoms. The van der Waals surface area contributed by atoms with Crippen molar-refractivity contribution < 1.29 is 18.7 Å². The van der Waals surface area contributed by atoms with E-state index in [1.807, 2.05) is 24.3 Å². The second-order valence-corrected chi connectivity index (χ2v) is 9.02. The van der Waals surface area contributed by atoms with E-state index in [0.29, 0.717) is 28.5 Å². The van der Waals surface area contributed by atoms with Gasteiger partial charge < -0.3 is 14.4 Å². The number of carbonyl (C=O) groups is 1. The lowest BCUT2D eigenvalue weighted by Gasteiger charge is -2.37. The monoisotopic (exact) mass is 421 g/mol. The fraction of sp³-hybridized carbons (Fsp3) is 0.375. The van der Waals surface area contributed by atoms with Crippen LogP contribution in [0.25, 0.3) is 22.6 Å². The molecule has 1 aliphatic carbocycles. The summed E-state index contributed by atoms with van der Waals surface area (Å²) in [5.41, 5.74) is 1.98. The van der Waals surface area contributed by atoms with Crippen molar-refractivity contribution in [1.82, 2.24) is 15.1 Å². The van der Waals surface area contributed by atoms with E-state index in [2.05, 4.69) is 10.2 Å². The molecule has 3 aromatic rings. The van der Waals surface area contributed by atoms with E-state index in [1.165, 1.54) is 6.07 Å². The Labute approximate surface area is 179 Å². The van der Waals surface area contributed by atoms with Crippen molar-refractivity contribution in [3.63, 3.8) is 0 Å². The molecule has 0 unspecified atom stereocenters. The predicted octanol–water partition coefficient (Wildman–Crippen LogP) is 4.36. The molecule has 0 saturated heterocycles. The third-order valence-corrected chi connectivity index (χ3v) is 6.16. The zero-order valence-corrected chi connectivity index (χ0v) is 17.7. The van der Waals surface area contributed by atoms with Crippen molar-refractivity contribution in [2.24, 2.45) is 5.92 Å². The summed E-state index contributed by atoms with van der Waals surface area (Å²) in [6.07, 6.45) is 1.95. The number of fused-ring (bicyclic) bond motifs is 1. The predicted molar refractivity (Wildman–Crippen MR) is 113 cm³/mol. The SMILES string of the molecule is Cc1nnc(-c2ccc(-c3ccc(F)c4c3C(=O)N([C@H](C3CC3)C(C)(C)O)C4)cc2)o1. The number of hydrogen-bond donors (Lipinski definition) is 1. The molecule has 1 aromatic heterocycles. The van der Waals surface area contributed by atoms with Crippen LogP contribution in [0.5, 0.6) is 0 Å². The minimum atomic E-state index is -1.06. The summed E-state index contributed by atoms with van der Waals surface area (Å²) in [6, 6.07) is 10.2. The van der Waals surface area contributed by atoms with Gasteiger partial charge in [0.05, 0.1) is 23.8 Å². The van der Waals surface area contributed by atoms with Crippen molar-refractivity contribution >= 4 is 5.91 Å². The average Bonchev–Trinajstić information content (AvgIpc) is 3.36. The van der Waals surface area contributed by atoms with Gasteiger partial charge in [-0.2, -0.15) is 0 Å². The second kappa shape index (κ2) is 6.99. The first-order chi connectivity index (χ1) is 14.7. The average molecular weight is 421 g/mol. The molecule has 1 atom stereocenters. The lowest BCUT2D eigenvalue weighted by atomic mass is 9.92. The summed E-state index contributed by atoms with van der Waals surface area (Å²) >= 11 is 0. The molecule has 2 aliphatic rings. The Kier molecular flexibility index (Phi) is 4.48. The van der Waals surface area contributed by atoms with Crippen LogP contribution in [0, 0.1) is 18.7 Å². The quantitative estimate of drug-likeness (QED) is 0.662. The third kappa shape index (κ3) is 3.43. The molecule has 1 amide bonds. The highest BCUT2D eigenvalue weighted by atomic mass is 19.1. The summed E-state index contributed by atoms with van der Waals surface area (Å²) in [5, 5.41) is 18.6. The van der Waals surface area contributed by atoms with Crippen molar-refractivity contribution in [3.05, 3.63) is 59.2 Å². The number of rotatable bonds is 5. The Morgan fingerprint density at radius 1 is 1.13 bits per heavy atom. The molecule has 2 heterocycles. The first-order valence-electron chi connectivity index (χ1n) is 10.5. The highest BCUT2D eigenvalue weighted by Crippen LogP contribution is 2.44. The molecule has 1 N–H and O–H groups in total. The van der Waals surface area contributed by atoms with Gasteiger partial charge in [-0.25, -0.2) is 4.39 Å². The standard InChI is InChI=1S/C24H24FN3O3/c1-13-26-27-22(31-13)16-8-4-14(5-9-16)17-10-11-19(25)18-12-28(23(29)20(17)18)21(15-6-7-15)24(2,3)30/h4-5,8-11,15,21,30H,6-7,12H2,1-3H3/t21-/m1/s1. The number of nitrogens with zero attached hydrogens (tertiary/aromatic N) is 3. The lowest BCUT2D eigenvalue weighted by Crippen LogP contribution is -2.51. The van der Waals surface area contributed by atoms with Gasteiger partial charge in [-0.15, -0.1) is 10.2 Å². The van der Waals surface area contributed by atoms with Crippen LogP contribution in [0.3, 0.4) is 0 Å². The summed E-state index contributed by atoms with van der Waals surface area (Å²) in [7, 11) is 0. The number of aliphatic hydroxyl groups is 1. The van der Waals surface area contributed by atoms with Gasteiger partial charge in [-0.05, 0) is 61.9 Å². The van der Waals surface area contributed by atoms with E-state index in [4.69, 9.17) is 4.42 Å². The largest absolute Gasteiger partial charge is 0.421 e. The molecule has 6 nitrogen and oxygen atoms in total. The highest BCUT2D eigenvalue weighted by molar-refractivity contribution is 6.05. The zero-order chi connectivity index (χ0) is 21.9. The van der Waals surface area contributed by atoms with Crippen LogP contribution < -0.4 is 0 Å². The van der Waals surface area contributed by atoms with Crippen LogP contribution in [-0.2, 0) is 6.54 Å². The molecule has 5 rings (SSSR count). The molecular weight excluding hydrogens is 397 g/mol. The number of carbonyl (C=O) groups excluding carboxylic acids is 1. The maximum Gasteiger partial charge on any atom is 0.255 e. The Morgan fingerprint density at radius 2 is 1.81 bits per heavy atom. The van der Waals surface area contributed by atoms with Crippen LogP contribution in [-0.4, -0.2) is 37.8 Å². The second-order valence-electron chi connectivity index (χ2n) is 9.02. The maximum absolute atomic E-state index is 14.7. The summed E-state index contributed by atoms with van der Waals surface area (Å²) in [5.74, 6) is 0.547. The first-order valence-corrected chi connectivity index (χ1v) is 10.5. The van der Waals surface area contributed by atoms with Crippen molar-refractivity contribution in [2.45, 2.75) is 51.8 Å². The highest BCUT2D eigenvalue weighted by Gasteiger charge is 2.48. The molecular formula is C24H24FN3O3. The van der Waals surface area contributed by atoms with Gasteiger partial charge in [0.25, 0.3) is 5.91 Å². The van der Waals surface area contributed by atoms with Crippen LogP contribution >= 0.6 is 0 Å². The van der Waals surface area contributed by atoms with Gasteiger partial charge in [0.15, 0.2) is 0 Å². The molecule has 31 heavy (non-hydrogen) atoms. The van der Waals surface area contributed by atoms with Gasteiger partial charge >= 0.3 is 0 Å². The number of halogens is 1. The van der Waals surface area contributed by atoms with Gasteiger partial charge in [0, 0.05) is 18.1 Å². The van der Waals surface area contributed by atoms with Crippen LogP contribution in [0.2, 0.25) is 0 Å². The molecule has 0 spiro atoms. The van der Waals surface area contributed by atoms with Gasteiger partial charge in [0.1, 0.15) is 5.82 Å². The summed E-state index contributed by atoms with van der Waals surface area (Å²) in [4.78, 5) is 15.1. The molecule has 1 aliphatic heterocycles. The van der Waals surface area contributed by atoms with E-state index >= 15 is 0 Å². The molecule has 160 valence electrons. The molecule has 0 bridgehead atoms. The lowest BCUT2D eigenvalue weighted by molar-refractivity contribution is -0.0225. The molecule has 2 aromatic carbocycles. The molecule has 1 fully saturated rings. The number of aromatic nitrogens is 2. The fourth-order valence-corrected chi connectivity index (χ4v) is 4.70. The van der Waals surface area contributed by atoms with E-state index in [-0.39, 0.29) is 24.4 Å². The van der Waals surface area contributed by atoms with Crippen molar-refractivity contribution in [3.8, 4) is 22.6 Å². The summed E-state index contributed by atoms with van der Waals surface area (Å²) < 4.78 is 20.2. The minimum absolute atomic E-state index is 0.179. The van der Waals surface area contributed by atoms with E-state index in [1.54, 1.807) is 31.7 Å². The smallest absolute Gasteiger partial charge is 0.255 e. The Balaban J connectivity index is 1.53. The fourth-order valence-electron chi connectivity index (χ4n) is 4.70. The van der Waals surface area contributed by atoms with Crippen molar-refractivity contribution in [2.75, 3.05) is 0 Å². The zero-order valence-electron chi connectivity index (χ0n) is 17.7. The number of amides is 1.